The van der Waals surface area contributed by atoms with Gasteiger partial charge in [0.1, 0.15) is 23.4 Å². The molecule has 30 heavy (non-hydrogen) atoms. The van der Waals surface area contributed by atoms with Gasteiger partial charge in [0.25, 0.3) is 0 Å². The average molecular weight is 436 g/mol. The number of likely N-dealkylation sites (tertiary alicyclic amines) is 1. The fourth-order valence-corrected chi connectivity index (χ4v) is 3.63. The van der Waals surface area contributed by atoms with Crippen molar-refractivity contribution in [3.8, 4) is 17.3 Å². The monoisotopic (exact) mass is 436 g/mol. The van der Waals surface area contributed by atoms with Gasteiger partial charge in [0.2, 0.25) is 5.13 Å². The van der Waals surface area contributed by atoms with Crippen LogP contribution in [-0.4, -0.2) is 50.5 Å². The predicted molar refractivity (Wildman–Crippen MR) is 107 cm³/mol. The molecule has 0 unspecified atom stereocenters. The summed E-state index contributed by atoms with van der Waals surface area (Å²) in [5.41, 5.74) is -0.237. The van der Waals surface area contributed by atoms with Gasteiger partial charge in [0.05, 0.1) is 11.8 Å². The van der Waals surface area contributed by atoms with Crippen molar-refractivity contribution in [3.05, 3.63) is 42.2 Å². The molecule has 4 heterocycles. The molecule has 0 saturated carbocycles. The van der Waals surface area contributed by atoms with E-state index in [-0.39, 0.29) is 11.9 Å². The second kappa shape index (κ2) is 8.52. The van der Waals surface area contributed by atoms with Crippen LogP contribution in [0.1, 0.15) is 18.4 Å². The summed E-state index contributed by atoms with van der Waals surface area (Å²) in [6.07, 6.45) is 0.428. The number of nitrogens with zero attached hydrogens (tertiary/aromatic N) is 5. The zero-order valence-corrected chi connectivity index (χ0v) is 16.9. The van der Waals surface area contributed by atoms with E-state index in [0.717, 1.165) is 55.8 Å². The minimum absolute atomic E-state index is 0.0439. The highest BCUT2D eigenvalue weighted by atomic mass is 32.1. The number of nitrogens with one attached hydrogen (secondary N) is 1. The number of piperidine rings is 1. The van der Waals surface area contributed by atoms with Gasteiger partial charge in [-0.15, -0.1) is 0 Å². The van der Waals surface area contributed by atoms with Gasteiger partial charge in [0, 0.05) is 30.8 Å². The number of aromatic nitrogens is 4. The lowest BCUT2D eigenvalue weighted by molar-refractivity contribution is -0.137. The van der Waals surface area contributed by atoms with Crippen LogP contribution in [0, 0.1) is 0 Å². The van der Waals surface area contributed by atoms with Crippen LogP contribution in [0.2, 0.25) is 0 Å². The summed E-state index contributed by atoms with van der Waals surface area (Å²) < 4.78 is 48.7. The van der Waals surface area contributed by atoms with Crippen LogP contribution in [0.25, 0.3) is 11.5 Å². The largest absolute Gasteiger partial charge is 0.489 e. The van der Waals surface area contributed by atoms with E-state index in [9.17, 15) is 13.2 Å². The van der Waals surface area contributed by atoms with Crippen molar-refractivity contribution in [1.29, 1.82) is 0 Å². The second-order valence-electron chi connectivity index (χ2n) is 6.98. The highest BCUT2D eigenvalue weighted by Crippen LogP contribution is 2.31. The van der Waals surface area contributed by atoms with Crippen molar-refractivity contribution in [1.82, 2.24) is 24.2 Å². The predicted octanol–water partition coefficient (Wildman–Crippen LogP) is 4.23. The Balaban J connectivity index is 1.40. The molecule has 0 aliphatic carbocycles. The first kappa shape index (κ1) is 20.5. The van der Waals surface area contributed by atoms with Crippen LogP contribution < -0.4 is 10.1 Å². The number of ether oxygens (including phenoxy) is 1. The van der Waals surface area contributed by atoms with Crippen molar-refractivity contribution < 1.29 is 17.9 Å². The minimum Gasteiger partial charge on any atom is -0.489 e. The number of anilines is 2. The molecule has 0 amide bonds. The smallest absolute Gasteiger partial charge is 0.416 e. The van der Waals surface area contributed by atoms with E-state index in [1.165, 1.54) is 0 Å². The Bertz CT molecular complexity index is 986. The molecule has 1 aliphatic heterocycles. The van der Waals surface area contributed by atoms with Crippen molar-refractivity contribution in [2.45, 2.75) is 25.1 Å². The molecular formula is C19H19F3N6OS. The summed E-state index contributed by atoms with van der Waals surface area (Å²) in [4.78, 5) is 14.8. The van der Waals surface area contributed by atoms with Gasteiger partial charge in [-0.2, -0.15) is 22.5 Å². The molecule has 0 atom stereocenters. The Kier molecular flexibility index (Phi) is 5.82. The number of pyridine rings is 2. The number of rotatable bonds is 5. The molecule has 0 bridgehead atoms. The molecule has 0 aromatic carbocycles. The zero-order chi connectivity index (χ0) is 21.1. The first-order valence-electron chi connectivity index (χ1n) is 9.32. The van der Waals surface area contributed by atoms with Crippen molar-refractivity contribution in [2.75, 3.05) is 25.5 Å². The lowest BCUT2D eigenvalue weighted by atomic mass is 10.1. The van der Waals surface area contributed by atoms with Gasteiger partial charge < -0.3 is 15.0 Å². The molecule has 4 rings (SSSR count). The highest BCUT2D eigenvalue weighted by molar-refractivity contribution is 7.09. The normalized spacial score (nSPS) is 15.9. The van der Waals surface area contributed by atoms with Gasteiger partial charge in [-0.25, -0.2) is 9.97 Å². The Labute approximate surface area is 175 Å². The van der Waals surface area contributed by atoms with Gasteiger partial charge in [-0.3, -0.25) is 0 Å². The molecule has 11 heteroatoms. The topological polar surface area (TPSA) is 76.1 Å². The summed E-state index contributed by atoms with van der Waals surface area (Å²) in [5.74, 6) is 1.11. The Hall–Kier alpha value is -2.79. The van der Waals surface area contributed by atoms with Crippen LogP contribution in [0.15, 0.2) is 36.7 Å². The van der Waals surface area contributed by atoms with Crippen molar-refractivity contribution >= 4 is 22.5 Å². The zero-order valence-electron chi connectivity index (χ0n) is 16.1. The lowest BCUT2D eigenvalue weighted by Gasteiger charge is -2.29. The molecule has 158 valence electrons. The maximum atomic E-state index is 12.8. The second-order valence-corrected chi connectivity index (χ2v) is 7.73. The SMILES string of the molecule is CN1CCC(Oc2ccc(-c3nsc(Nc4cc(C(F)(F)F)ccn4)n3)nc2)CC1. The van der Waals surface area contributed by atoms with Gasteiger partial charge in [0.15, 0.2) is 5.82 Å². The summed E-state index contributed by atoms with van der Waals surface area (Å²) in [6.45, 7) is 2.02. The number of hydrogen-bond acceptors (Lipinski definition) is 8. The summed E-state index contributed by atoms with van der Waals surface area (Å²) in [5, 5.41) is 3.08. The Morgan fingerprint density at radius 2 is 1.97 bits per heavy atom. The van der Waals surface area contributed by atoms with Crippen LogP contribution in [0.3, 0.4) is 0 Å². The minimum atomic E-state index is -4.44. The van der Waals surface area contributed by atoms with Gasteiger partial charge in [-0.1, -0.05) is 0 Å². The van der Waals surface area contributed by atoms with Crippen molar-refractivity contribution in [3.63, 3.8) is 0 Å². The van der Waals surface area contributed by atoms with E-state index in [1.54, 1.807) is 12.3 Å². The molecule has 1 fully saturated rings. The van der Waals surface area contributed by atoms with Crippen LogP contribution >= 0.6 is 11.5 Å². The van der Waals surface area contributed by atoms with E-state index in [4.69, 9.17) is 4.74 Å². The third-order valence-electron chi connectivity index (χ3n) is 4.68. The maximum Gasteiger partial charge on any atom is 0.416 e. The van der Waals surface area contributed by atoms with E-state index in [1.807, 2.05) is 6.07 Å². The van der Waals surface area contributed by atoms with Crippen molar-refractivity contribution in [2.24, 2.45) is 0 Å². The quantitative estimate of drug-likeness (QED) is 0.641. The molecule has 1 N–H and O–H groups in total. The van der Waals surface area contributed by atoms with E-state index in [0.29, 0.717) is 22.4 Å². The summed E-state index contributed by atoms with van der Waals surface area (Å²) in [6, 6.07) is 5.42. The van der Waals surface area contributed by atoms with Crippen LogP contribution in [0.4, 0.5) is 24.1 Å². The van der Waals surface area contributed by atoms with E-state index < -0.39 is 11.7 Å². The molecular weight excluding hydrogens is 417 g/mol. The lowest BCUT2D eigenvalue weighted by Crippen LogP contribution is -2.35. The first-order chi connectivity index (χ1) is 14.4. The summed E-state index contributed by atoms with van der Waals surface area (Å²) >= 11 is 1.02. The molecule has 1 aliphatic rings. The third kappa shape index (κ3) is 5.03. The van der Waals surface area contributed by atoms with Gasteiger partial charge in [-0.05, 0) is 44.2 Å². The third-order valence-corrected chi connectivity index (χ3v) is 5.31. The average Bonchev–Trinajstić information content (AvgIpc) is 3.18. The van der Waals surface area contributed by atoms with Gasteiger partial charge >= 0.3 is 6.18 Å². The number of halogens is 3. The molecule has 0 radical (unpaired) electrons. The van der Waals surface area contributed by atoms with Crippen LogP contribution in [-0.2, 0) is 6.18 Å². The maximum absolute atomic E-state index is 12.8. The molecule has 1 saturated heterocycles. The van der Waals surface area contributed by atoms with Crippen LogP contribution in [0.5, 0.6) is 5.75 Å². The van der Waals surface area contributed by atoms with E-state index in [2.05, 4.69) is 36.6 Å². The number of hydrogen-bond donors (Lipinski definition) is 1. The fraction of sp³-hybridized carbons (Fsp3) is 0.368. The number of alkyl halides is 3. The summed E-state index contributed by atoms with van der Waals surface area (Å²) in [7, 11) is 2.10. The Morgan fingerprint density at radius 1 is 1.17 bits per heavy atom. The first-order valence-corrected chi connectivity index (χ1v) is 10.1. The highest BCUT2D eigenvalue weighted by Gasteiger charge is 2.30. The molecule has 0 spiro atoms. The Morgan fingerprint density at radius 3 is 2.67 bits per heavy atom. The molecule has 3 aromatic heterocycles. The fourth-order valence-electron chi connectivity index (χ4n) is 3.04. The standard InChI is InChI=1S/C19H19F3N6OS/c1-28-8-5-13(6-9-28)29-14-2-3-15(24-11-14)17-26-18(30-27-17)25-16-10-12(4-7-23-16)19(20,21)22/h2-4,7,10-11,13H,5-6,8-9H2,1H3,(H,23,25,26,27). The van der Waals surface area contributed by atoms with E-state index >= 15 is 0 Å². The molecule has 7 nitrogen and oxygen atoms in total. The molecule has 3 aromatic rings.